The summed E-state index contributed by atoms with van der Waals surface area (Å²) in [6.45, 7) is 7.84. The molecule has 4 heteroatoms. The highest BCUT2D eigenvalue weighted by atomic mass is 16.5. The average Bonchev–Trinajstić information content (AvgIpc) is 2.49. The molecule has 1 rings (SSSR count). The van der Waals surface area contributed by atoms with E-state index in [1.807, 2.05) is 20.8 Å². The number of amides is 1. The smallest absolute Gasteiger partial charge is 0.234 e. The van der Waals surface area contributed by atoms with Crippen LogP contribution in [0.4, 0.5) is 0 Å². The Balaban J connectivity index is 2.14. The summed E-state index contributed by atoms with van der Waals surface area (Å²) in [5, 5.41) is 6.07. The highest BCUT2D eigenvalue weighted by Crippen LogP contribution is 2.02. The molecule has 1 fully saturated rings. The molecule has 0 spiro atoms. The Hall–Kier alpha value is -0.610. The van der Waals surface area contributed by atoms with Gasteiger partial charge < -0.3 is 15.4 Å². The largest absolute Gasteiger partial charge is 0.380 e. The van der Waals surface area contributed by atoms with Gasteiger partial charge in [0, 0.05) is 18.2 Å². The van der Waals surface area contributed by atoms with Crippen LogP contribution in [0.1, 0.15) is 27.2 Å². The second-order valence-corrected chi connectivity index (χ2v) is 4.74. The second kappa shape index (κ2) is 4.75. The topological polar surface area (TPSA) is 50.4 Å². The Morgan fingerprint density at radius 1 is 1.50 bits per heavy atom. The first-order valence-electron chi connectivity index (χ1n) is 5.09. The molecule has 0 radical (unpaired) electrons. The molecule has 1 unspecified atom stereocenters. The van der Waals surface area contributed by atoms with Crippen molar-refractivity contribution in [3.05, 3.63) is 0 Å². The molecule has 1 atom stereocenters. The van der Waals surface area contributed by atoms with Crippen LogP contribution >= 0.6 is 0 Å². The van der Waals surface area contributed by atoms with Gasteiger partial charge in [0.25, 0.3) is 0 Å². The van der Waals surface area contributed by atoms with Crippen molar-refractivity contribution in [3.63, 3.8) is 0 Å². The molecule has 0 aliphatic carbocycles. The van der Waals surface area contributed by atoms with Gasteiger partial charge in [0.15, 0.2) is 0 Å². The Bertz CT molecular complexity index is 193. The van der Waals surface area contributed by atoms with Gasteiger partial charge in [-0.2, -0.15) is 0 Å². The number of ether oxygens (including phenoxy) is 1. The molecule has 0 aromatic carbocycles. The van der Waals surface area contributed by atoms with Crippen LogP contribution in [0.2, 0.25) is 0 Å². The van der Waals surface area contributed by atoms with Crippen LogP contribution in [0, 0.1) is 0 Å². The predicted molar refractivity (Wildman–Crippen MR) is 55.1 cm³/mol. The zero-order chi connectivity index (χ0) is 10.6. The third kappa shape index (κ3) is 4.58. The summed E-state index contributed by atoms with van der Waals surface area (Å²) in [7, 11) is 0. The number of hydrogen-bond acceptors (Lipinski definition) is 3. The number of hydrogen-bond donors (Lipinski definition) is 2. The predicted octanol–water partition coefficient (Wildman–Crippen LogP) is 0.280. The van der Waals surface area contributed by atoms with Crippen LogP contribution in [0.3, 0.4) is 0 Å². The van der Waals surface area contributed by atoms with Crippen molar-refractivity contribution in [1.29, 1.82) is 0 Å². The molecule has 2 N–H and O–H groups in total. The first-order valence-corrected chi connectivity index (χ1v) is 5.09. The van der Waals surface area contributed by atoms with Gasteiger partial charge in [-0.05, 0) is 27.2 Å². The molecule has 0 aromatic rings. The van der Waals surface area contributed by atoms with Crippen LogP contribution in [0.5, 0.6) is 0 Å². The van der Waals surface area contributed by atoms with E-state index < -0.39 is 0 Å². The summed E-state index contributed by atoms with van der Waals surface area (Å²) in [6.07, 6.45) is 1.00. The molecule has 1 aliphatic heterocycles. The SMILES string of the molecule is CC(C)(C)NC(=O)CNC1CCOC1. The lowest BCUT2D eigenvalue weighted by molar-refractivity contribution is -0.121. The van der Waals surface area contributed by atoms with E-state index in [-0.39, 0.29) is 11.4 Å². The molecule has 1 aliphatic rings. The van der Waals surface area contributed by atoms with Crippen molar-refractivity contribution in [1.82, 2.24) is 10.6 Å². The van der Waals surface area contributed by atoms with Gasteiger partial charge in [-0.25, -0.2) is 0 Å². The van der Waals surface area contributed by atoms with Gasteiger partial charge in [-0.15, -0.1) is 0 Å². The number of rotatable bonds is 3. The molecule has 0 bridgehead atoms. The maximum atomic E-state index is 11.4. The van der Waals surface area contributed by atoms with Gasteiger partial charge >= 0.3 is 0 Å². The van der Waals surface area contributed by atoms with E-state index in [9.17, 15) is 4.79 Å². The molecule has 0 aromatic heterocycles. The minimum absolute atomic E-state index is 0.0457. The van der Waals surface area contributed by atoms with Crippen LogP contribution in [0.25, 0.3) is 0 Å². The van der Waals surface area contributed by atoms with Gasteiger partial charge in [0.1, 0.15) is 0 Å². The van der Waals surface area contributed by atoms with Gasteiger partial charge in [-0.3, -0.25) is 4.79 Å². The van der Waals surface area contributed by atoms with Crippen molar-refractivity contribution in [2.75, 3.05) is 19.8 Å². The minimum atomic E-state index is -0.148. The molecule has 1 heterocycles. The van der Waals surface area contributed by atoms with Crippen molar-refractivity contribution < 1.29 is 9.53 Å². The normalized spacial score (nSPS) is 22.4. The fourth-order valence-corrected chi connectivity index (χ4v) is 1.39. The average molecular weight is 200 g/mol. The first-order chi connectivity index (χ1) is 6.47. The molecular formula is C10H20N2O2. The highest BCUT2D eigenvalue weighted by molar-refractivity contribution is 5.78. The first kappa shape index (κ1) is 11.5. The fraction of sp³-hybridized carbons (Fsp3) is 0.900. The van der Waals surface area contributed by atoms with E-state index in [4.69, 9.17) is 4.74 Å². The molecule has 4 nitrogen and oxygen atoms in total. The van der Waals surface area contributed by atoms with E-state index in [0.29, 0.717) is 12.6 Å². The van der Waals surface area contributed by atoms with Gasteiger partial charge in [-0.1, -0.05) is 0 Å². The molecule has 82 valence electrons. The van der Waals surface area contributed by atoms with E-state index in [0.717, 1.165) is 19.6 Å². The summed E-state index contributed by atoms with van der Waals surface area (Å²) >= 11 is 0. The maximum Gasteiger partial charge on any atom is 0.234 e. The Labute approximate surface area is 85.4 Å². The van der Waals surface area contributed by atoms with Crippen LogP contribution in [-0.2, 0) is 9.53 Å². The summed E-state index contributed by atoms with van der Waals surface area (Å²) in [4.78, 5) is 11.4. The summed E-state index contributed by atoms with van der Waals surface area (Å²) < 4.78 is 5.20. The zero-order valence-corrected chi connectivity index (χ0v) is 9.22. The Morgan fingerprint density at radius 3 is 2.71 bits per heavy atom. The van der Waals surface area contributed by atoms with Crippen molar-refractivity contribution in [2.45, 2.75) is 38.8 Å². The monoisotopic (exact) mass is 200 g/mol. The second-order valence-electron chi connectivity index (χ2n) is 4.74. The Kier molecular flexibility index (Phi) is 3.89. The third-order valence-corrected chi connectivity index (χ3v) is 2.00. The van der Waals surface area contributed by atoms with E-state index in [2.05, 4.69) is 10.6 Å². The van der Waals surface area contributed by atoms with Crippen LogP contribution in [-0.4, -0.2) is 37.2 Å². The lowest BCUT2D eigenvalue weighted by atomic mass is 10.1. The van der Waals surface area contributed by atoms with Gasteiger partial charge in [0.05, 0.1) is 13.2 Å². The molecule has 14 heavy (non-hydrogen) atoms. The number of carbonyl (C=O) groups excluding carboxylic acids is 1. The van der Waals surface area contributed by atoms with Crippen molar-refractivity contribution in [3.8, 4) is 0 Å². The molecular weight excluding hydrogens is 180 g/mol. The molecule has 0 saturated carbocycles. The Morgan fingerprint density at radius 2 is 2.21 bits per heavy atom. The maximum absolute atomic E-state index is 11.4. The quantitative estimate of drug-likeness (QED) is 0.688. The third-order valence-electron chi connectivity index (χ3n) is 2.00. The number of carbonyl (C=O) groups is 1. The number of nitrogens with one attached hydrogen (secondary N) is 2. The van der Waals surface area contributed by atoms with E-state index >= 15 is 0 Å². The zero-order valence-electron chi connectivity index (χ0n) is 9.22. The molecule has 1 amide bonds. The van der Waals surface area contributed by atoms with E-state index in [1.54, 1.807) is 0 Å². The fourth-order valence-electron chi connectivity index (χ4n) is 1.39. The highest BCUT2D eigenvalue weighted by Gasteiger charge is 2.17. The minimum Gasteiger partial charge on any atom is -0.380 e. The van der Waals surface area contributed by atoms with Crippen molar-refractivity contribution >= 4 is 5.91 Å². The van der Waals surface area contributed by atoms with E-state index in [1.165, 1.54) is 0 Å². The van der Waals surface area contributed by atoms with Gasteiger partial charge in [0.2, 0.25) is 5.91 Å². The lowest BCUT2D eigenvalue weighted by Gasteiger charge is -2.21. The lowest BCUT2D eigenvalue weighted by Crippen LogP contribution is -2.46. The molecule has 1 saturated heterocycles. The van der Waals surface area contributed by atoms with Crippen LogP contribution < -0.4 is 10.6 Å². The van der Waals surface area contributed by atoms with Crippen LogP contribution in [0.15, 0.2) is 0 Å². The van der Waals surface area contributed by atoms with Crippen molar-refractivity contribution in [2.24, 2.45) is 0 Å². The standard InChI is InChI=1S/C10H20N2O2/c1-10(2,3)12-9(13)6-11-8-4-5-14-7-8/h8,11H,4-7H2,1-3H3,(H,12,13). The summed E-state index contributed by atoms with van der Waals surface area (Å²) in [5.41, 5.74) is -0.148. The summed E-state index contributed by atoms with van der Waals surface area (Å²) in [5.74, 6) is 0.0457. The summed E-state index contributed by atoms with van der Waals surface area (Å²) in [6, 6.07) is 0.348.